The first-order valence-corrected chi connectivity index (χ1v) is 8.36. The summed E-state index contributed by atoms with van der Waals surface area (Å²) in [6.07, 6.45) is 9.01. The van der Waals surface area contributed by atoms with E-state index in [2.05, 4.69) is 27.0 Å². The van der Waals surface area contributed by atoms with E-state index in [0.717, 1.165) is 5.69 Å². The van der Waals surface area contributed by atoms with E-state index in [1.165, 1.54) is 6.07 Å². The van der Waals surface area contributed by atoms with Gasteiger partial charge in [0.05, 0.1) is 6.54 Å². The number of aliphatic imine (C=N–C) groups is 1. The largest absolute Gasteiger partial charge is 0.297 e. The summed E-state index contributed by atoms with van der Waals surface area (Å²) in [6.45, 7) is 2.40. The molecule has 1 aromatic carbocycles. The molecule has 2 heterocycles. The van der Waals surface area contributed by atoms with E-state index in [1.807, 2.05) is 29.0 Å². The molecule has 0 fully saturated rings. The first kappa shape index (κ1) is 17.7. The van der Waals surface area contributed by atoms with Gasteiger partial charge in [-0.05, 0) is 24.3 Å². The summed E-state index contributed by atoms with van der Waals surface area (Å²) in [5.74, 6) is 0.379. The van der Waals surface area contributed by atoms with Crippen LogP contribution in [0.25, 0.3) is 11.5 Å². The van der Waals surface area contributed by atoms with E-state index in [4.69, 9.17) is 0 Å². The van der Waals surface area contributed by atoms with Crippen LogP contribution >= 0.6 is 0 Å². The van der Waals surface area contributed by atoms with E-state index in [0.29, 0.717) is 23.6 Å². The van der Waals surface area contributed by atoms with Crippen LogP contribution in [0.5, 0.6) is 0 Å². The minimum absolute atomic E-state index is 0.0738. The fraction of sp³-hybridized carbons (Fsp3) is 0.200. The molecule has 6 heteroatoms. The van der Waals surface area contributed by atoms with Crippen molar-refractivity contribution in [2.75, 3.05) is 7.05 Å². The second-order valence-electron chi connectivity index (χ2n) is 5.86. The van der Waals surface area contributed by atoms with Crippen LogP contribution < -0.4 is 0 Å². The minimum atomic E-state index is -0.243. The molecule has 1 unspecified atom stereocenters. The molecule has 0 bridgehead atoms. The molecular weight excluding hydrogens is 329 g/mol. The zero-order valence-corrected chi connectivity index (χ0v) is 14.7. The van der Waals surface area contributed by atoms with Gasteiger partial charge in [0, 0.05) is 42.8 Å². The van der Waals surface area contributed by atoms with E-state index in [9.17, 15) is 4.39 Å². The van der Waals surface area contributed by atoms with Gasteiger partial charge in [-0.2, -0.15) is 5.10 Å². The summed E-state index contributed by atoms with van der Waals surface area (Å²) < 4.78 is 15.9. The van der Waals surface area contributed by atoms with Crippen molar-refractivity contribution >= 4 is 6.21 Å². The summed E-state index contributed by atoms with van der Waals surface area (Å²) in [5, 5.41) is 4.62. The molecule has 0 N–H and O–H groups in total. The van der Waals surface area contributed by atoms with Crippen molar-refractivity contribution in [1.82, 2.24) is 19.7 Å². The minimum Gasteiger partial charge on any atom is -0.297 e. The topological polar surface area (TPSA) is 56.0 Å². The first-order valence-electron chi connectivity index (χ1n) is 8.36. The monoisotopic (exact) mass is 349 g/mol. The Kier molecular flexibility index (Phi) is 5.63. The van der Waals surface area contributed by atoms with Crippen molar-refractivity contribution in [1.29, 1.82) is 0 Å². The predicted molar refractivity (Wildman–Crippen MR) is 101 cm³/mol. The second-order valence-corrected chi connectivity index (χ2v) is 5.86. The summed E-state index contributed by atoms with van der Waals surface area (Å²) in [5.41, 5.74) is 2.21. The average Bonchev–Trinajstić information content (AvgIpc) is 3.08. The summed E-state index contributed by atoms with van der Waals surface area (Å²) >= 11 is 0. The Morgan fingerprint density at radius 2 is 1.96 bits per heavy atom. The lowest BCUT2D eigenvalue weighted by molar-refractivity contribution is 0.572. The van der Waals surface area contributed by atoms with Crippen molar-refractivity contribution in [2.24, 2.45) is 4.99 Å². The van der Waals surface area contributed by atoms with E-state index < -0.39 is 0 Å². The number of halogens is 1. The van der Waals surface area contributed by atoms with Crippen LogP contribution in [0.2, 0.25) is 0 Å². The van der Waals surface area contributed by atoms with Gasteiger partial charge >= 0.3 is 0 Å². The lowest BCUT2D eigenvalue weighted by Gasteiger charge is -2.11. The number of hydrogen-bond acceptors (Lipinski definition) is 4. The second kappa shape index (κ2) is 8.29. The van der Waals surface area contributed by atoms with Gasteiger partial charge in [0.25, 0.3) is 0 Å². The van der Waals surface area contributed by atoms with Gasteiger partial charge < -0.3 is 0 Å². The van der Waals surface area contributed by atoms with Gasteiger partial charge in [-0.25, -0.2) is 14.4 Å². The third-order valence-corrected chi connectivity index (χ3v) is 3.99. The van der Waals surface area contributed by atoms with Crippen LogP contribution in [-0.4, -0.2) is 33.0 Å². The molecule has 0 amide bonds. The van der Waals surface area contributed by atoms with Crippen LogP contribution in [-0.2, 0) is 6.54 Å². The maximum absolute atomic E-state index is 14.1. The van der Waals surface area contributed by atoms with Crippen LogP contribution in [0.1, 0.15) is 24.1 Å². The highest BCUT2D eigenvalue weighted by Gasteiger charge is 2.16. The smallest absolute Gasteiger partial charge is 0.179 e. The number of allylic oxidation sites excluding steroid dienone is 2. The number of rotatable bonds is 6. The summed E-state index contributed by atoms with van der Waals surface area (Å²) in [7, 11) is 1.72. The molecule has 3 aromatic rings. The zero-order chi connectivity index (χ0) is 18.4. The maximum Gasteiger partial charge on any atom is 0.179 e. The zero-order valence-electron chi connectivity index (χ0n) is 14.7. The third-order valence-electron chi connectivity index (χ3n) is 3.99. The van der Waals surface area contributed by atoms with Gasteiger partial charge in [0.15, 0.2) is 5.82 Å². The number of aromatic nitrogens is 4. The third kappa shape index (κ3) is 4.08. The van der Waals surface area contributed by atoms with E-state index in [1.54, 1.807) is 43.9 Å². The number of hydrogen-bond donors (Lipinski definition) is 0. The van der Waals surface area contributed by atoms with Crippen LogP contribution in [0.3, 0.4) is 0 Å². The molecule has 0 aliphatic rings. The quantitative estimate of drug-likeness (QED) is 0.635. The molecule has 3 rings (SSSR count). The van der Waals surface area contributed by atoms with Crippen LogP contribution in [0.15, 0.2) is 65.9 Å². The lowest BCUT2D eigenvalue weighted by Crippen LogP contribution is -2.09. The molecular formula is C20H20FN5. The lowest BCUT2D eigenvalue weighted by atomic mass is 10.1. The predicted octanol–water partition coefficient (Wildman–Crippen LogP) is 3.89. The molecule has 1 atom stereocenters. The fourth-order valence-electron chi connectivity index (χ4n) is 2.65. The van der Waals surface area contributed by atoms with Gasteiger partial charge in [0.1, 0.15) is 11.5 Å². The highest BCUT2D eigenvalue weighted by atomic mass is 19.1. The molecule has 0 saturated heterocycles. The van der Waals surface area contributed by atoms with Gasteiger partial charge in [0.2, 0.25) is 0 Å². The Bertz CT molecular complexity index is 915. The molecule has 0 radical (unpaired) electrons. The van der Waals surface area contributed by atoms with E-state index >= 15 is 0 Å². The molecule has 0 aliphatic heterocycles. The summed E-state index contributed by atoms with van der Waals surface area (Å²) in [4.78, 5) is 12.5. The van der Waals surface area contributed by atoms with Crippen LogP contribution in [0.4, 0.5) is 4.39 Å². The van der Waals surface area contributed by atoms with E-state index in [-0.39, 0.29) is 11.7 Å². The van der Waals surface area contributed by atoms with Crippen molar-refractivity contribution in [3.05, 3.63) is 78.0 Å². The molecule has 0 spiro atoms. The first-order chi connectivity index (χ1) is 12.7. The Morgan fingerprint density at radius 3 is 2.69 bits per heavy atom. The average molecular weight is 349 g/mol. The van der Waals surface area contributed by atoms with Gasteiger partial charge in [-0.3, -0.25) is 9.67 Å². The highest BCUT2D eigenvalue weighted by Crippen LogP contribution is 2.23. The van der Waals surface area contributed by atoms with Gasteiger partial charge in [-0.1, -0.05) is 31.2 Å². The normalized spacial score (nSPS) is 12.9. The Morgan fingerprint density at radius 1 is 1.19 bits per heavy atom. The Hall–Kier alpha value is -3.15. The van der Waals surface area contributed by atoms with Crippen LogP contribution in [0, 0.1) is 5.82 Å². The van der Waals surface area contributed by atoms with Crippen molar-refractivity contribution < 1.29 is 4.39 Å². The SMILES string of the molecule is CN=C/C=C\C(C)c1cc(-c2ncccn2)nn1Cc1ccccc1F. The van der Waals surface area contributed by atoms with Crippen molar-refractivity contribution in [3.8, 4) is 11.5 Å². The Balaban J connectivity index is 2.00. The van der Waals surface area contributed by atoms with Crippen molar-refractivity contribution in [2.45, 2.75) is 19.4 Å². The fourth-order valence-corrected chi connectivity index (χ4v) is 2.65. The summed E-state index contributed by atoms with van der Waals surface area (Å²) in [6, 6.07) is 10.4. The Labute approximate surface area is 152 Å². The number of benzene rings is 1. The standard InChI is InChI=1S/C20H20FN5/c1-15(7-5-10-22-2)19-13-18(20-23-11-6-12-24-20)25-26(19)14-16-8-3-4-9-17(16)21/h3-13,15H,14H2,1-2H3/b7-5-,22-10?. The highest BCUT2D eigenvalue weighted by molar-refractivity contribution is 5.71. The molecule has 5 nitrogen and oxygen atoms in total. The molecule has 0 aliphatic carbocycles. The van der Waals surface area contributed by atoms with Gasteiger partial charge in [-0.15, -0.1) is 0 Å². The molecule has 2 aromatic heterocycles. The number of nitrogens with zero attached hydrogens (tertiary/aromatic N) is 5. The maximum atomic E-state index is 14.1. The molecule has 0 saturated carbocycles. The molecule has 26 heavy (non-hydrogen) atoms. The molecule has 132 valence electrons. The van der Waals surface area contributed by atoms with Crippen molar-refractivity contribution in [3.63, 3.8) is 0 Å².